The Balaban J connectivity index is 2.21. The Labute approximate surface area is 81.9 Å². The molecule has 1 aliphatic rings. The molecule has 0 saturated carbocycles. The van der Waals surface area contributed by atoms with Crippen LogP contribution in [0.1, 0.15) is 18.5 Å². The number of aryl methyl sites for hydroxylation is 1. The molecule has 0 spiro atoms. The second-order valence-electron chi connectivity index (χ2n) is 3.51. The summed E-state index contributed by atoms with van der Waals surface area (Å²) < 4.78 is 5.16. The minimum absolute atomic E-state index is 0.0990. The summed E-state index contributed by atoms with van der Waals surface area (Å²) in [7, 11) is 0. The number of anilines is 1. The summed E-state index contributed by atoms with van der Waals surface area (Å²) in [4.78, 5) is 17.3. The molecule has 76 valence electrons. The highest BCUT2D eigenvalue weighted by atomic mass is 16.4. The molecule has 1 amide bonds. The van der Waals surface area contributed by atoms with Gasteiger partial charge in [0.2, 0.25) is 5.91 Å². The highest BCUT2D eigenvalue weighted by molar-refractivity contribution is 5.95. The van der Waals surface area contributed by atoms with Gasteiger partial charge in [0.25, 0.3) is 0 Å². The van der Waals surface area contributed by atoms with Crippen LogP contribution in [0.25, 0.3) is 0 Å². The van der Waals surface area contributed by atoms with Crippen molar-refractivity contribution < 1.29 is 9.21 Å². The summed E-state index contributed by atoms with van der Waals surface area (Å²) in [6.45, 7) is 2.47. The molecule has 1 fully saturated rings. The second kappa shape index (κ2) is 3.42. The van der Waals surface area contributed by atoms with E-state index in [1.54, 1.807) is 0 Å². The van der Waals surface area contributed by atoms with Crippen molar-refractivity contribution in [1.82, 2.24) is 4.98 Å². The summed E-state index contributed by atoms with van der Waals surface area (Å²) in [6, 6.07) is -0.0430. The van der Waals surface area contributed by atoms with E-state index in [4.69, 9.17) is 10.2 Å². The molecule has 0 bridgehead atoms. The maximum Gasteiger partial charge on any atom is 0.304 e. The van der Waals surface area contributed by atoms with E-state index in [9.17, 15) is 4.79 Å². The van der Waals surface area contributed by atoms with Crippen molar-refractivity contribution in [3.05, 3.63) is 12.0 Å². The van der Waals surface area contributed by atoms with Crippen LogP contribution < -0.4 is 10.6 Å². The van der Waals surface area contributed by atoms with Crippen molar-refractivity contribution in [3.8, 4) is 0 Å². The Hall–Kier alpha value is -1.36. The van der Waals surface area contributed by atoms with Crippen LogP contribution in [0.4, 0.5) is 6.01 Å². The molecule has 0 aromatic carbocycles. The molecule has 1 unspecified atom stereocenters. The van der Waals surface area contributed by atoms with E-state index < -0.39 is 6.04 Å². The lowest BCUT2D eigenvalue weighted by Crippen LogP contribution is -2.48. The summed E-state index contributed by atoms with van der Waals surface area (Å²) >= 11 is 0. The van der Waals surface area contributed by atoms with Gasteiger partial charge in [0.1, 0.15) is 6.26 Å². The second-order valence-corrected chi connectivity index (χ2v) is 3.51. The van der Waals surface area contributed by atoms with Gasteiger partial charge in [0, 0.05) is 6.54 Å². The van der Waals surface area contributed by atoms with Gasteiger partial charge in [-0.05, 0) is 19.8 Å². The van der Waals surface area contributed by atoms with Crippen molar-refractivity contribution in [1.29, 1.82) is 0 Å². The first-order valence-electron chi connectivity index (χ1n) is 4.67. The molecular weight excluding hydrogens is 182 g/mol. The van der Waals surface area contributed by atoms with Crippen molar-refractivity contribution in [3.63, 3.8) is 0 Å². The minimum atomic E-state index is -0.407. The molecule has 1 aromatic heterocycles. The van der Waals surface area contributed by atoms with E-state index in [2.05, 4.69) is 4.98 Å². The van der Waals surface area contributed by atoms with E-state index in [-0.39, 0.29) is 5.91 Å². The van der Waals surface area contributed by atoms with Gasteiger partial charge in [-0.3, -0.25) is 9.69 Å². The van der Waals surface area contributed by atoms with Crippen LogP contribution >= 0.6 is 0 Å². The van der Waals surface area contributed by atoms with Crippen LogP contribution in [-0.4, -0.2) is 23.5 Å². The van der Waals surface area contributed by atoms with Crippen molar-refractivity contribution in [2.75, 3.05) is 11.4 Å². The van der Waals surface area contributed by atoms with E-state index >= 15 is 0 Å². The number of amides is 1. The average Bonchev–Trinajstić information content (AvgIpc) is 2.57. The first kappa shape index (κ1) is 9.21. The van der Waals surface area contributed by atoms with Crippen LogP contribution in [0.2, 0.25) is 0 Å². The zero-order valence-electron chi connectivity index (χ0n) is 8.06. The SMILES string of the molecule is Cc1coc(N2CCCC(N)C2=O)n1. The van der Waals surface area contributed by atoms with Crippen LogP contribution in [0, 0.1) is 6.92 Å². The largest absolute Gasteiger partial charge is 0.431 e. The zero-order chi connectivity index (χ0) is 10.1. The first-order chi connectivity index (χ1) is 6.68. The molecule has 5 nitrogen and oxygen atoms in total. The monoisotopic (exact) mass is 195 g/mol. The zero-order valence-corrected chi connectivity index (χ0v) is 8.06. The maximum atomic E-state index is 11.6. The molecule has 2 heterocycles. The number of piperidine rings is 1. The Kier molecular flexibility index (Phi) is 2.25. The molecule has 1 aromatic rings. The number of nitrogens with zero attached hydrogens (tertiary/aromatic N) is 2. The van der Waals surface area contributed by atoms with Gasteiger partial charge in [-0.2, -0.15) is 4.98 Å². The molecule has 0 aliphatic carbocycles. The number of aromatic nitrogens is 1. The third kappa shape index (κ3) is 1.50. The topological polar surface area (TPSA) is 72.4 Å². The number of carbonyl (C=O) groups excluding carboxylic acids is 1. The Bertz CT molecular complexity index is 348. The van der Waals surface area contributed by atoms with Gasteiger partial charge in [-0.15, -0.1) is 0 Å². The third-order valence-corrected chi connectivity index (χ3v) is 2.32. The predicted octanol–water partition coefficient (Wildman–Crippen LogP) is 0.437. The van der Waals surface area contributed by atoms with Gasteiger partial charge >= 0.3 is 6.01 Å². The molecule has 14 heavy (non-hydrogen) atoms. The van der Waals surface area contributed by atoms with Crippen LogP contribution in [0.5, 0.6) is 0 Å². The predicted molar refractivity (Wildman–Crippen MR) is 50.8 cm³/mol. The normalized spacial score (nSPS) is 22.9. The standard InChI is InChI=1S/C9H13N3O2/c1-6-5-14-9(11-6)12-4-2-3-7(10)8(12)13/h5,7H,2-4,10H2,1H3. The third-order valence-electron chi connectivity index (χ3n) is 2.32. The van der Waals surface area contributed by atoms with Gasteiger partial charge in [0.05, 0.1) is 11.7 Å². The van der Waals surface area contributed by atoms with E-state index in [1.807, 2.05) is 6.92 Å². The number of carbonyl (C=O) groups is 1. The molecule has 2 rings (SSSR count). The fourth-order valence-corrected chi connectivity index (χ4v) is 1.56. The molecular formula is C9H13N3O2. The number of hydrogen-bond donors (Lipinski definition) is 1. The lowest BCUT2D eigenvalue weighted by molar-refractivity contribution is -0.121. The lowest BCUT2D eigenvalue weighted by Gasteiger charge is -2.27. The van der Waals surface area contributed by atoms with Gasteiger partial charge in [-0.1, -0.05) is 0 Å². The Morgan fingerprint density at radius 1 is 1.71 bits per heavy atom. The number of oxazole rings is 1. The highest BCUT2D eigenvalue weighted by Gasteiger charge is 2.29. The average molecular weight is 195 g/mol. The number of rotatable bonds is 1. The fraction of sp³-hybridized carbons (Fsp3) is 0.556. The van der Waals surface area contributed by atoms with Crippen molar-refractivity contribution in [2.45, 2.75) is 25.8 Å². The first-order valence-corrected chi connectivity index (χ1v) is 4.67. The molecule has 2 N–H and O–H groups in total. The molecule has 1 aliphatic heterocycles. The highest BCUT2D eigenvalue weighted by Crippen LogP contribution is 2.19. The van der Waals surface area contributed by atoms with E-state index in [0.717, 1.165) is 18.5 Å². The Morgan fingerprint density at radius 3 is 3.14 bits per heavy atom. The minimum Gasteiger partial charge on any atom is -0.431 e. The van der Waals surface area contributed by atoms with Gasteiger partial charge < -0.3 is 10.2 Å². The molecule has 5 heteroatoms. The lowest BCUT2D eigenvalue weighted by atomic mass is 10.1. The number of nitrogens with two attached hydrogens (primary N) is 1. The van der Waals surface area contributed by atoms with E-state index in [0.29, 0.717) is 12.6 Å². The summed E-state index contributed by atoms with van der Waals surface area (Å²) in [5.74, 6) is -0.0990. The van der Waals surface area contributed by atoms with Gasteiger partial charge in [-0.25, -0.2) is 0 Å². The van der Waals surface area contributed by atoms with Crippen molar-refractivity contribution >= 4 is 11.9 Å². The molecule has 0 radical (unpaired) electrons. The van der Waals surface area contributed by atoms with Crippen LogP contribution in [0.3, 0.4) is 0 Å². The van der Waals surface area contributed by atoms with Crippen molar-refractivity contribution in [2.24, 2.45) is 5.73 Å². The van der Waals surface area contributed by atoms with Gasteiger partial charge in [0.15, 0.2) is 0 Å². The smallest absolute Gasteiger partial charge is 0.304 e. The quantitative estimate of drug-likeness (QED) is 0.705. The summed E-state index contributed by atoms with van der Waals surface area (Å²) in [5.41, 5.74) is 6.42. The molecule has 1 atom stereocenters. The van der Waals surface area contributed by atoms with E-state index in [1.165, 1.54) is 11.2 Å². The maximum absolute atomic E-state index is 11.6. The van der Waals surface area contributed by atoms with Crippen LogP contribution in [0.15, 0.2) is 10.7 Å². The summed E-state index contributed by atoms with van der Waals surface area (Å²) in [5, 5.41) is 0. The number of hydrogen-bond acceptors (Lipinski definition) is 4. The van der Waals surface area contributed by atoms with Crippen LogP contribution in [-0.2, 0) is 4.79 Å². The summed E-state index contributed by atoms with van der Waals surface area (Å²) in [6.07, 6.45) is 3.17. The molecule has 1 saturated heterocycles. The Morgan fingerprint density at radius 2 is 2.50 bits per heavy atom. The fourth-order valence-electron chi connectivity index (χ4n) is 1.56.